The summed E-state index contributed by atoms with van der Waals surface area (Å²) in [4.78, 5) is 0. The molecule has 0 aromatic heterocycles. The Labute approximate surface area is 76.5 Å². The summed E-state index contributed by atoms with van der Waals surface area (Å²) < 4.78 is 5.95. The molecule has 0 aromatic carbocycles. The Balaban J connectivity index is 2.20. The Morgan fingerprint density at radius 2 is 1.58 bits per heavy atom. The van der Waals surface area contributed by atoms with Gasteiger partial charge in [-0.15, -0.1) is 0 Å². The maximum atomic E-state index is 5.95. The average Bonchev–Trinajstić information content (AvgIpc) is 2.06. The molecule has 1 aliphatic rings. The molecule has 0 bridgehead atoms. The molecule has 1 heteroatoms. The van der Waals surface area contributed by atoms with E-state index in [1.165, 1.54) is 32.1 Å². The van der Waals surface area contributed by atoms with Crippen LogP contribution in [0, 0.1) is 5.92 Å². The van der Waals surface area contributed by atoms with Crippen molar-refractivity contribution in [2.75, 3.05) is 0 Å². The third-order valence-corrected chi connectivity index (χ3v) is 2.90. The Morgan fingerprint density at radius 1 is 1.00 bits per heavy atom. The Kier molecular flexibility index (Phi) is 4.07. The van der Waals surface area contributed by atoms with Crippen molar-refractivity contribution in [2.45, 2.75) is 65.1 Å². The molecule has 1 saturated carbocycles. The lowest BCUT2D eigenvalue weighted by molar-refractivity contribution is -0.0410. The van der Waals surface area contributed by atoms with Gasteiger partial charge in [-0.3, -0.25) is 0 Å². The maximum absolute atomic E-state index is 5.95. The number of ether oxygens (including phenoxy) is 1. The smallest absolute Gasteiger partial charge is 0.0578 e. The highest BCUT2D eigenvalue weighted by atomic mass is 16.5. The Bertz CT molecular complexity index is 114. The van der Waals surface area contributed by atoms with E-state index in [9.17, 15) is 0 Å². The van der Waals surface area contributed by atoms with Gasteiger partial charge in [0.15, 0.2) is 0 Å². The first kappa shape index (κ1) is 10.0. The number of hydrogen-bond acceptors (Lipinski definition) is 1. The molecule has 12 heavy (non-hydrogen) atoms. The van der Waals surface area contributed by atoms with Gasteiger partial charge in [-0.25, -0.2) is 0 Å². The van der Waals surface area contributed by atoms with Crippen molar-refractivity contribution in [3.05, 3.63) is 0 Å². The first-order valence-corrected chi connectivity index (χ1v) is 5.35. The molecule has 0 aromatic rings. The molecule has 1 aliphatic carbocycles. The third-order valence-electron chi connectivity index (χ3n) is 2.90. The lowest BCUT2D eigenvalue weighted by atomic mass is 9.97. The summed E-state index contributed by atoms with van der Waals surface area (Å²) in [6, 6.07) is 0. The van der Waals surface area contributed by atoms with Crippen molar-refractivity contribution in [1.29, 1.82) is 0 Å². The monoisotopic (exact) mass is 170 g/mol. The molecule has 72 valence electrons. The standard InChI is InChI=1S/C11H22O/c1-9(2)10(3)12-11-7-5-4-6-8-11/h9-11H,4-8H2,1-3H3. The molecule has 0 heterocycles. The normalized spacial score (nSPS) is 23.0. The Hall–Kier alpha value is -0.0400. The van der Waals surface area contributed by atoms with E-state index in [4.69, 9.17) is 4.74 Å². The van der Waals surface area contributed by atoms with Crippen LogP contribution in [-0.4, -0.2) is 12.2 Å². The van der Waals surface area contributed by atoms with E-state index in [2.05, 4.69) is 20.8 Å². The van der Waals surface area contributed by atoms with Crippen LogP contribution >= 0.6 is 0 Å². The fraction of sp³-hybridized carbons (Fsp3) is 1.00. The van der Waals surface area contributed by atoms with E-state index in [-0.39, 0.29) is 0 Å². The fourth-order valence-electron chi connectivity index (χ4n) is 1.66. The summed E-state index contributed by atoms with van der Waals surface area (Å²) in [5.41, 5.74) is 0. The Morgan fingerprint density at radius 3 is 2.08 bits per heavy atom. The number of rotatable bonds is 3. The largest absolute Gasteiger partial charge is 0.375 e. The molecule has 1 atom stereocenters. The van der Waals surface area contributed by atoms with E-state index >= 15 is 0 Å². The SMILES string of the molecule is CC(C)C(C)OC1CCCCC1. The highest BCUT2D eigenvalue weighted by Gasteiger charge is 2.17. The van der Waals surface area contributed by atoms with Gasteiger partial charge in [0.1, 0.15) is 0 Å². The van der Waals surface area contributed by atoms with Crippen molar-refractivity contribution in [3.8, 4) is 0 Å². The fourth-order valence-corrected chi connectivity index (χ4v) is 1.66. The minimum Gasteiger partial charge on any atom is -0.375 e. The quantitative estimate of drug-likeness (QED) is 0.631. The zero-order valence-electron chi connectivity index (χ0n) is 8.68. The van der Waals surface area contributed by atoms with E-state index < -0.39 is 0 Å². The predicted octanol–water partition coefficient (Wildman–Crippen LogP) is 3.38. The van der Waals surface area contributed by atoms with E-state index in [0.29, 0.717) is 18.1 Å². The minimum atomic E-state index is 0.438. The highest BCUT2D eigenvalue weighted by molar-refractivity contribution is 4.67. The average molecular weight is 170 g/mol. The predicted molar refractivity (Wildman–Crippen MR) is 52.3 cm³/mol. The molecule has 0 spiro atoms. The second kappa shape index (κ2) is 4.86. The van der Waals surface area contributed by atoms with Gasteiger partial charge in [0.05, 0.1) is 12.2 Å². The third kappa shape index (κ3) is 3.14. The minimum absolute atomic E-state index is 0.438. The van der Waals surface area contributed by atoms with Crippen LogP contribution in [0.2, 0.25) is 0 Å². The lowest BCUT2D eigenvalue weighted by Crippen LogP contribution is -2.25. The molecule has 0 saturated heterocycles. The molecule has 0 amide bonds. The van der Waals surface area contributed by atoms with Crippen molar-refractivity contribution in [2.24, 2.45) is 5.92 Å². The maximum Gasteiger partial charge on any atom is 0.0578 e. The second-order valence-electron chi connectivity index (χ2n) is 4.35. The van der Waals surface area contributed by atoms with Crippen LogP contribution in [0.5, 0.6) is 0 Å². The molecular weight excluding hydrogens is 148 g/mol. The van der Waals surface area contributed by atoms with Crippen molar-refractivity contribution < 1.29 is 4.74 Å². The molecule has 1 unspecified atom stereocenters. The topological polar surface area (TPSA) is 9.23 Å². The van der Waals surface area contributed by atoms with E-state index in [1.54, 1.807) is 0 Å². The molecule has 1 fully saturated rings. The molecule has 0 N–H and O–H groups in total. The van der Waals surface area contributed by atoms with Gasteiger partial charge < -0.3 is 4.74 Å². The summed E-state index contributed by atoms with van der Waals surface area (Å²) in [5, 5.41) is 0. The van der Waals surface area contributed by atoms with E-state index in [1.807, 2.05) is 0 Å². The molecule has 0 aliphatic heterocycles. The van der Waals surface area contributed by atoms with Crippen molar-refractivity contribution in [3.63, 3.8) is 0 Å². The van der Waals surface area contributed by atoms with Gasteiger partial charge >= 0.3 is 0 Å². The van der Waals surface area contributed by atoms with Gasteiger partial charge in [0.2, 0.25) is 0 Å². The first-order valence-electron chi connectivity index (χ1n) is 5.35. The van der Waals surface area contributed by atoms with Crippen LogP contribution in [0.3, 0.4) is 0 Å². The zero-order valence-corrected chi connectivity index (χ0v) is 8.68. The summed E-state index contributed by atoms with van der Waals surface area (Å²) in [6.07, 6.45) is 7.74. The van der Waals surface area contributed by atoms with E-state index in [0.717, 1.165) is 0 Å². The second-order valence-corrected chi connectivity index (χ2v) is 4.35. The lowest BCUT2D eigenvalue weighted by Gasteiger charge is -2.27. The van der Waals surface area contributed by atoms with Gasteiger partial charge in [0.25, 0.3) is 0 Å². The zero-order chi connectivity index (χ0) is 8.97. The van der Waals surface area contributed by atoms with Crippen LogP contribution in [0.4, 0.5) is 0 Å². The van der Waals surface area contributed by atoms with Crippen LogP contribution in [0.15, 0.2) is 0 Å². The highest BCUT2D eigenvalue weighted by Crippen LogP contribution is 2.22. The molecule has 1 rings (SSSR count). The summed E-state index contributed by atoms with van der Waals surface area (Å²) in [6.45, 7) is 6.65. The van der Waals surface area contributed by atoms with Crippen molar-refractivity contribution >= 4 is 0 Å². The van der Waals surface area contributed by atoms with Gasteiger partial charge in [0, 0.05) is 0 Å². The molecule has 0 radical (unpaired) electrons. The van der Waals surface area contributed by atoms with Gasteiger partial charge in [-0.2, -0.15) is 0 Å². The first-order chi connectivity index (χ1) is 5.70. The van der Waals surface area contributed by atoms with Crippen molar-refractivity contribution in [1.82, 2.24) is 0 Å². The van der Waals surface area contributed by atoms with Crippen LogP contribution in [-0.2, 0) is 4.74 Å². The number of hydrogen-bond donors (Lipinski definition) is 0. The van der Waals surface area contributed by atoms with Gasteiger partial charge in [-0.05, 0) is 25.7 Å². The molecular formula is C11H22O. The summed E-state index contributed by atoms with van der Waals surface area (Å²) in [5.74, 6) is 0.659. The summed E-state index contributed by atoms with van der Waals surface area (Å²) in [7, 11) is 0. The molecule has 1 nitrogen and oxygen atoms in total. The van der Waals surface area contributed by atoms with Gasteiger partial charge in [-0.1, -0.05) is 33.1 Å². The van der Waals surface area contributed by atoms with Crippen LogP contribution < -0.4 is 0 Å². The van der Waals surface area contributed by atoms with Crippen LogP contribution in [0.25, 0.3) is 0 Å². The summed E-state index contributed by atoms with van der Waals surface area (Å²) >= 11 is 0. The van der Waals surface area contributed by atoms with Crippen LogP contribution in [0.1, 0.15) is 52.9 Å².